The third-order valence-corrected chi connectivity index (χ3v) is 8.64. The Morgan fingerprint density at radius 1 is 1.25 bits per heavy atom. The van der Waals surface area contributed by atoms with Crippen LogP contribution in [0.2, 0.25) is 0 Å². The van der Waals surface area contributed by atoms with Crippen LogP contribution in [0.15, 0.2) is 18.2 Å². The van der Waals surface area contributed by atoms with Gasteiger partial charge >= 0.3 is 20.7 Å². The standard InChI is InChI=1S/C18H23NO7S2/c1-18-7-6-13-12-5-3-11(24-27(19,20)21)8-10(12)2-4-14(13)15(18)9-16-17(18)26-28(22,23)25-16/h3,5,8,13-17H,2,4,6-7,9H2,1H3,(H2,19,20,21)/t13-,14-,15+,16+,17+,18+/m1/s1. The number of benzene rings is 1. The van der Waals surface area contributed by atoms with E-state index >= 15 is 0 Å². The lowest BCUT2D eigenvalue weighted by atomic mass is 9.55. The Morgan fingerprint density at radius 3 is 2.79 bits per heavy atom. The van der Waals surface area contributed by atoms with E-state index in [2.05, 4.69) is 6.92 Å². The Bertz CT molecular complexity index is 1040. The molecule has 3 aliphatic carbocycles. The minimum atomic E-state index is -4.04. The highest BCUT2D eigenvalue weighted by Gasteiger charge is 2.63. The van der Waals surface area contributed by atoms with Crippen molar-refractivity contribution in [3.8, 4) is 5.75 Å². The molecule has 0 radical (unpaired) electrons. The quantitative estimate of drug-likeness (QED) is 0.760. The third kappa shape index (κ3) is 2.88. The Hall–Kier alpha value is -1.20. The number of rotatable bonds is 2. The molecule has 1 aromatic rings. The van der Waals surface area contributed by atoms with Gasteiger partial charge in [0.1, 0.15) is 18.0 Å². The van der Waals surface area contributed by atoms with Gasteiger partial charge < -0.3 is 4.18 Å². The molecular weight excluding hydrogens is 406 g/mol. The second kappa shape index (κ2) is 5.91. The van der Waals surface area contributed by atoms with Gasteiger partial charge in [-0.25, -0.2) is 8.37 Å². The van der Waals surface area contributed by atoms with Crippen LogP contribution in [-0.2, 0) is 35.5 Å². The van der Waals surface area contributed by atoms with E-state index in [4.69, 9.17) is 17.7 Å². The van der Waals surface area contributed by atoms with Crippen molar-refractivity contribution in [1.29, 1.82) is 0 Å². The highest BCUT2D eigenvalue weighted by atomic mass is 32.3. The van der Waals surface area contributed by atoms with E-state index in [1.54, 1.807) is 12.1 Å². The molecular formula is C18H23NO7S2. The lowest BCUT2D eigenvalue weighted by Crippen LogP contribution is -2.44. The van der Waals surface area contributed by atoms with E-state index in [1.165, 1.54) is 5.56 Å². The zero-order chi connectivity index (χ0) is 19.9. The number of nitrogens with two attached hydrogens (primary N) is 1. The Kier molecular flexibility index (Phi) is 3.97. The fourth-order valence-electron chi connectivity index (χ4n) is 6.25. The van der Waals surface area contributed by atoms with Crippen LogP contribution in [0.1, 0.15) is 49.7 Å². The summed E-state index contributed by atoms with van der Waals surface area (Å²) in [5.41, 5.74) is 2.12. The molecule has 10 heteroatoms. The monoisotopic (exact) mass is 429 g/mol. The van der Waals surface area contributed by atoms with Gasteiger partial charge in [-0.15, -0.1) is 0 Å². The molecule has 0 unspecified atom stereocenters. The maximum Gasteiger partial charge on any atom is 0.400 e. The molecule has 6 atom stereocenters. The highest BCUT2D eigenvalue weighted by molar-refractivity contribution is 7.84. The first-order chi connectivity index (χ1) is 13.1. The van der Waals surface area contributed by atoms with Gasteiger partial charge in [0, 0.05) is 5.41 Å². The van der Waals surface area contributed by atoms with Gasteiger partial charge in [-0.05, 0) is 73.1 Å². The van der Waals surface area contributed by atoms with Crippen LogP contribution < -0.4 is 9.32 Å². The largest absolute Gasteiger partial charge is 0.400 e. The van der Waals surface area contributed by atoms with Crippen molar-refractivity contribution < 1.29 is 29.4 Å². The van der Waals surface area contributed by atoms with Gasteiger partial charge in [0.25, 0.3) is 0 Å². The van der Waals surface area contributed by atoms with Crippen molar-refractivity contribution in [2.45, 2.75) is 57.2 Å². The third-order valence-electron chi connectivity index (χ3n) is 7.28. The van der Waals surface area contributed by atoms with E-state index in [-0.39, 0.29) is 17.3 Å². The van der Waals surface area contributed by atoms with E-state index in [1.807, 2.05) is 6.07 Å². The zero-order valence-electron chi connectivity index (χ0n) is 15.4. The first kappa shape index (κ1) is 18.8. The maximum atomic E-state index is 11.7. The number of fused-ring (bicyclic) bond motifs is 7. The molecule has 154 valence electrons. The van der Waals surface area contributed by atoms with Crippen molar-refractivity contribution >= 4 is 20.7 Å². The van der Waals surface area contributed by atoms with Crippen molar-refractivity contribution in [2.24, 2.45) is 22.4 Å². The van der Waals surface area contributed by atoms with Crippen molar-refractivity contribution in [3.05, 3.63) is 29.3 Å². The molecule has 2 N–H and O–H groups in total. The SMILES string of the molecule is C[C@]12CC[C@@H]3c4ccc(OS(N)(=O)=O)cc4CC[C@H]3[C@@H]1C[C@@H]1OS(=O)(=O)O[C@@H]12. The molecule has 28 heavy (non-hydrogen) atoms. The second-order valence-corrected chi connectivity index (χ2v) is 11.0. The van der Waals surface area contributed by atoms with Gasteiger partial charge in [0.05, 0.1) is 0 Å². The maximum absolute atomic E-state index is 11.7. The van der Waals surface area contributed by atoms with E-state index in [0.29, 0.717) is 24.2 Å². The van der Waals surface area contributed by atoms with E-state index < -0.39 is 26.8 Å². The minimum absolute atomic E-state index is 0.205. The molecule has 8 nitrogen and oxygen atoms in total. The van der Waals surface area contributed by atoms with Crippen LogP contribution in [-0.4, -0.2) is 29.0 Å². The molecule has 0 bridgehead atoms. The van der Waals surface area contributed by atoms with E-state index in [9.17, 15) is 16.8 Å². The molecule has 2 saturated carbocycles. The van der Waals surface area contributed by atoms with Crippen molar-refractivity contribution in [3.63, 3.8) is 0 Å². The molecule has 1 saturated heterocycles. The molecule has 0 aromatic heterocycles. The predicted molar refractivity (Wildman–Crippen MR) is 98.8 cm³/mol. The van der Waals surface area contributed by atoms with Crippen molar-refractivity contribution in [1.82, 2.24) is 0 Å². The van der Waals surface area contributed by atoms with Crippen LogP contribution in [0.4, 0.5) is 0 Å². The summed E-state index contributed by atoms with van der Waals surface area (Å²) in [4.78, 5) is 0. The summed E-state index contributed by atoms with van der Waals surface area (Å²) in [6.07, 6.45) is 3.51. The molecule has 3 fully saturated rings. The number of hydrogen-bond donors (Lipinski definition) is 1. The molecule has 0 spiro atoms. The first-order valence-corrected chi connectivity index (χ1v) is 12.3. The summed E-state index contributed by atoms with van der Waals surface area (Å²) in [5.74, 6) is 1.37. The van der Waals surface area contributed by atoms with Crippen molar-refractivity contribution in [2.75, 3.05) is 0 Å². The Morgan fingerprint density at radius 2 is 2.04 bits per heavy atom. The highest BCUT2D eigenvalue weighted by Crippen LogP contribution is 2.63. The van der Waals surface area contributed by atoms with Crippen LogP contribution in [0.25, 0.3) is 0 Å². The fourth-order valence-corrected chi connectivity index (χ4v) is 7.75. The van der Waals surface area contributed by atoms with Gasteiger partial charge in [0.15, 0.2) is 0 Å². The Balaban J connectivity index is 1.43. The molecule has 1 aromatic carbocycles. The van der Waals surface area contributed by atoms with Crippen LogP contribution in [0.5, 0.6) is 5.75 Å². The molecule has 1 aliphatic heterocycles. The summed E-state index contributed by atoms with van der Waals surface area (Å²) in [6.45, 7) is 2.14. The second-order valence-electron chi connectivity index (χ2n) is 8.69. The average molecular weight is 430 g/mol. The van der Waals surface area contributed by atoms with Gasteiger partial charge in [-0.3, -0.25) is 0 Å². The molecule has 5 rings (SSSR count). The summed E-state index contributed by atoms with van der Waals surface area (Å²) in [5, 5.41) is 4.97. The normalized spacial score (nSPS) is 40.9. The number of aryl methyl sites for hydroxylation is 1. The smallest absolute Gasteiger partial charge is 0.371 e. The summed E-state index contributed by atoms with van der Waals surface area (Å²) in [7, 11) is -7.91. The van der Waals surface area contributed by atoms with E-state index in [0.717, 1.165) is 31.2 Å². The van der Waals surface area contributed by atoms with Crippen LogP contribution in [0.3, 0.4) is 0 Å². The lowest BCUT2D eigenvalue weighted by Gasteiger charge is -2.50. The molecule has 1 heterocycles. The lowest BCUT2D eigenvalue weighted by molar-refractivity contribution is -0.00566. The summed E-state index contributed by atoms with van der Waals surface area (Å²) in [6, 6.07) is 5.37. The zero-order valence-corrected chi connectivity index (χ0v) is 17.0. The minimum Gasteiger partial charge on any atom is -0.371 e. The van der Waals surface area contributed by atoms with Gasteiger partial charge in [-0.2, -0.15) is 22.0 Å². The first-order valence-electron chi connectivity index (χ1n) is 9.52. The fraction of sp³-hybridized carbons (Fsp3) is 0.667. The summed E-state index contributed by atoms with van der Waals surface area (Å²) < 4.78 is 61.2. The predicted octanol–water partition coefficient (Wildman–Crippen LogP) is 1.76. The average Bonchev–Trinajstić information content (AvgIpc) is 3.03. The summed E-state index contributed by atoms with van der Waals surface area (Å²) >= 11 is 0. The molecule has 0 amide bonds. The number of hydrogen-bond acceptors (Lipinski definition) is 7. The van der Waals surface area contributed by atoms with Gasteiger partial charge in [0.2, 0.25) is 0 Å². The molecule has 4 aliphatic rings. The van der Waals surface area contributed by atoms with Crippen LogP contribution >= 0.6 is 0 Å². The topological polar surface area (TPSA) is 122 Å². The van der Waals surface area contributed by atoms with Crippen LogP contribution in [0, 0.1) is 17.3 Å². The van der Waals surface area contributed by atoms with Gasteiger partial charge in [-0.1, -0.05) is 13.0 Å². The Labute approximate surface area is 164 Å².